The van der Waals surface area contributed by atoms with Gasteiger partial charge in [-0.3, -0.25) is 19.4 Å². The van der Waals surface area contributed by atoms with E-state index in [0.29, 0.717) is 6.04 Å². The van der Waals surface area contributed by atoms with E-state index in [0.717, 1.165) is 15.4 Å². The van der Waals surface area contributed by atoms with Gasteiger partial charge in [0.25, 0.3) is 11.8 Å². The smallest absolute Gasteiger partial charge is 0.333 e. The molecule has 3 aliphatic rings. The number of nitrogens with zero attached hydrogens (tertiary/aromatic N) is 3. The Balaban J connectivity index is 1.62. The number of barbiturate groups is 1. The molecule has 2 aliphatic heterocycles. The van der Waals surface area contributed by atoms with E-state index in [9.17, 15) is 14.4 Å². The Hall–Kier alpha value is -3.41. The number of urea groups is 1. The van der Waals surface area contributed by atoms with Gasteiger partial charge >= 0.3 is 6.03 Å². The van der Waals surface area contributed by atoms with E-state index in [2.05, 4.69) is 55.1 Å². The van der Waals surface area contributed by atoms with E-state index in [1.807, 2.05) is 6.07 Å². The van der Waals surface area contributed by atoms with Crippen molar-refractivity contribution in [2.75, 3.05) is 18.0 Å². The number of anilines is 2. The minimum Gasteiger partial charge on any atom is -0.338 e. The maximum absolute atomic E-state index is 13.1. The van der Waals surface area contributed by atoms with E-state index < -0.39 is 17.8 Å². The van der Waals surface area contributed by atoms with Crippen LogP contribution in [0.15, 0.2) is 48.0 Å². The van der Waals surface area contributed by atoms with Gasteiger partial charge in [0, 0.05) is 35.9 Å². The van der Waals surface area contributed by atoms with Crippen molar-refractivity contribution in [3.63, 3.8) is 0 Å². The number of benzene rings is 2. The molecule has 0 spiro atoms. The molecule has 4 amide bonds. The van der Waals surface area contributed by atoms with Gasteiger partial charge in [-0.05, 0) is 67.7 Å². The molecule has 188 valence electrons. The molecule has 36 heavy (non-hydrogen) atoms. The average Bonchev–Trinajstić information content (AvgIpc) is 2.88. The fourth-order valence-corrected chi connectivity index (χ4v) is 6.12. The van der Waals surface area contributed by atoms with Crippen molar-refractivity contribution in [3.8, 4) is 0 Å². The van der Waals surface area contributed by atoms with Crippen molar-refractivity contribution in [1.29, 1.82) is 0 Å². The monoisotopic (exact) mass is 485 g/mol. The second kappa shape index (κ2) is 9.23. The molecule has 1 saturated carbocycles. The van der Waals surface area contributed by atoms with Crippen LogP contribution < -0.4 is 4.90 Å². The summed E-state index contributed by atoms with van der Waals surface area (Å²) in [5.74, 6) is -1.05. The van der Waals surface area contributed by atoms with Crippen molar-refractivity contribution in [2.45, 2.75) is 71.3 Å². The Labute approximate surface area is 213 Å². The molecule has 0 radical (unpaired) electrons. The lowest BCUT2D eigenvalue weighted by atomic mass is 9.72. The quantitative estimate of drug-likeness (QED) is 0.393. The molecule has 0 aromatic heterocycles. The predicted octanol–water partition coefficient (Wildman–Crippen LogP) is 6.01. The number of hydrogen-bond acceptors (Lipinski definition) is 4. The Morgan fingerprint density at radius 1 is 0.833 bits per heavy atom. The van der Waals surface area contributed by atoms with Crippen molar-refractivity contribution in [1.82, 2.24) is 9.80 Å². The molecule has 2 aromatic carbocycles. The molecule has 0 N–H and O–H groups in total. The third-order valence-electron chi connectivity index (χ3n) is 8.09. The first-order valence-electron chi connectivity index (χ1n) is 13.2. The molecule has 1 saturated heterocycles. The van der Waals surface area contributed by atoms with Crippen LogP contribution in [0.25, 0.3) is 6.08 Å². The molecule has 1 aliphatic carbocycles. The lowest BCUT2D eigenvalue weighted by Gasteiger charge is -2.46. The molecule has 2 aromatic rings. The first-order chi connectivity index (χ1) is 17.3. The standard InChI is InChI=1S/C30H35N3O3/c1-5-31-27(34)22(28(35)32(6-2)29(31)36)18-20-16-17-26-24(19-20)30(3,4)23-14-10-11-15-25(23)33(26)21-12-8-7-9-13-21/h10-11,14-19,21H,5-9,12-13H2,1-4H3. The summed E-state index contributed by atoms with van der Waals surface area (Å²) >= 11 is 0. The van der Waals surface area contributed by atoms with Gasteiger partial charge in [-0.25, -0.2) is 4.79 Å². The minimum absolute atomic E-state index is 0.0383. The highest BCUT2D eigenvalue weighted by Gasteiger charge is 2.41. The normalized spacial score (nSPS) is 19.9. The number of fused-ring (bicyclic) bond motifs is 2. The zero-order valence-electron chi connectivity index (χ0n) is 21.7. The van der Waals surface area contributed by atoms with Crippen LogP contribution in [0.1, 0.15) is 76.5 Å². The maximum Gasteiger partial charge on any atom is 0.333 e. The Morgan fingerprint density at radius 2 is 1.44 bits per heavy atom. The van der Waals surface area contributed by atoms with Gasteiger partial charge in [-0.1, -0.05) is 57.4 Å². The summed E-state index contributed by atoms with van der Waals surface area (Å²) in [5.41, 5.74) is 5.55. The summed E-state index contributed by atoms with van der Waals surface area (Å²) < 4.78 is 0. The zero-order chi connectivity index (χ0) is 25.6. The third-order valence-corrected chi connectivity index (χ3v) is 8.09. The summed E-state index contributed by atoms with van der Waals surface area (Å²) in [5, 5.41) is 0. The van der Waals surface area contributed by atoms with E-state index in [1.165, 1.54) is 54.6 Å². The second-order valence-electron chi connectivity index (χ2n) is 10.5. The van der Waals surface area contributed by atoms with Gasteiger partial charge in [0.1, 0.15) is 5.57 Å². The van der Waals surface area contributed by atoms with Crippen LogP contribution in [-0.2, 0) is 15.0 Å². The zero-order valence-corrected chi connectivity index (χ0v) is 21.7. The molecule has 5 rings (SSSR count). The lowest BCUT2D eigenvalue weighted by molar-refractivity contribution is -0.135. The Morgan fingerprint density at radius 3 is 2.08 bits per heavy atom. The summed E-state index contributed by atoms with van der Waals surface area (Å²) in [6.07, 6.45) is 7.80. The Kier molecular flexibility index (Phi) is 6.23. The maximum atomic E-state index is 13.1. The van der Waals surface area contributed by atoms with Crippen LogP contribution in [0.5, 0.6) is 0 Å². The van der Waals surface area contributed by atoms with Gasteiger partial charge in [-0.2, -0.15) is 0 Å². The van der Waals surface area contributed by atoms with Gasteiger partial charge < -0.3 is 4.90 Å². The highest BCUT2D eigenvalue weighted by Crippen LogP contribution is 2.51. The number of amides is 4. The van der Waals surface area contributed by atoms with Gasteiger partial charge in [0.2, 0.25) is 0 Å². The molecule has 6 nitrogen and oxygen atoms in total. The van der Waals surface area contributed by atoms with E-state index in [-0.39, 0.29) is 24.1 Å². The number of carbonyl (C=O) groups is 3. The van der Waals surface area contributed by atoms with Gasteiger partial charge in [0.05, 0.1) is 0 Å². The number of carbonyl (C=O) groups excluding carboxylic acids is 3. The molecular weight excluding hydrogens is 450 g/mol. The fourth-order valence-electron chi connectivity index (χ4n) is 6.12. The first-order valence-corrected chi connectivity index (χ1v) is 13.2. The van der Waals surface area contributed by atoms with Gasteiger partial charge in [-0.15, -0.1) is 0 Å². The number of hydrogen-bond donors (Lipinski definition) is 0. The molecule has 2 heterocycles. The summed E-state index contributed by atoms with van der Waals surface area (Å²) in [7, 11) is 0. The number of para-hydroxylation sites is 1. The third kappa shape index (κ3) is 3.74. The second-order valence-corrected chi connectivity index (χ2v) is 10.5. The number of rotatable bonds is 4. The van der Waals surface area contributed by atoms with E-state index >= 15 is 0 Å². The van der Waals surface area contributed by atoms with Crippen LogP contribution >= 0.6 is 0 Å². The largest absolute Gasteiger partial charge is 0.338 e. The molecule has 0 unspecified atom stereocenters. The summed E-state index contributed by atoms with van der Waals surface area (Å²) in [6.45, 7) is 8.43. The van der Waals surface area contributed by atoms with Crippen molar-refractivity contribution < 1.29 is 14.4 Å². The molecule has 0 bridgehead atoms. The van der Waals surface area contributed by atoms with Gasteiger partial charge in [0.15, 0.2) is 0 Å². The highest BCUT2D eigenvalue weighted by molar-refractivity contribution is 6.30. The molecule has 0 atom stereocenters. The Bertz CT molecular complexity index is 1230. The number of likely N-dealkylation sites (N-methyl/N-ethyl adjacent to an activating group) is 2. The minimum atomic E-state index is -0.543. The number of imide groups is 2. The van der Waals surface area contributed by atoms with Crippen LogP contribution in [0.3, 0.4) is 0 Å². The molecule has 6 heteroatoms. The van der Waals surface area contributed by atoms with Crippen LogP contribution in [0.2, 0.25) is 0 Å². The van der Waals surface area contributed by atoms with Crippen molar-refractivity contribution in [2.24, 2.45) is 0 Å². The van der Waals surface area contributed by atoms with Crippen LogP contribution in [0, 0.1) is 0 Å². The molecular formula is C30H35N3O3. The van der Waals surface area contributed by atoms with Crippen molar-refractivity contribution in [3.05, 3.63) is 64.7 Å². The summed E-state index contributed by atoms with van der Waals surface area (Å²) in [4.78, 5) is 43.5. The summed E-state index contributed by atoms with van der Waals surface area (Å²) in [6, 6.07) is 14.9. The predicted molar refractivity (Wildman–Crippen MR) is 142 cm³/mol. The highest BCUT2D eigenvalue weighted by atomic mass is 16.2. The average molecular weight is 486 g/mol. The van der Waals surface area contributed by atoms with Crippen molar-refractivity contribution >= 4 is 35.3 Å². The van der Waals surface area contributed by atoms with E-state index in [1.54, 1.807) is 19.9 Å². The SMILES string of the molecule is CCN1C(=O)C(=Cc2ccc3c(c2)C(C)(C)c2ccccc2N3C2CCCCC2)C(=O)N(CC)C1=O. The topological polar surface area (TPSA) is 60.9 Å². The van der Waals surface area contributed by atoms with Crippen LogP contribution in [-0.4, -0.2) is 46.8 Å². The lowest BCUT2D eigenvalue weighted by Crippen LogP contribution is -2.56. The fraction of sp³-hybridized carbons (Fsp3) is 0.433. The first kappa shape index (κ1) is 24.3. The molecule has 2 fully saturated rings. The van der Waals surface area contributed by atoms with E-state index in [4.69, 9.17) is 0 Å². The van der Waals surface area contributed by atoms with Crippen LogP contribution in [0.4, 0.5) is 16.2 Å².